The molecule has 9 heteroatoms. The maximum atomic E-state index is 12.0. The number of aliphatic hydroxyl groups excluding tert-OH is 2. The molecule has 9 nitrogen and oxygen atoms in total. The summed E-state index contributed by atoms with van der Waals surface area (Å²) in [6, 6.07) is 3.37. The van der Waals surface area contributed by atoms with E-state index in [1.54, 1.807) is 0 Å². The standard InChI is InChI=1S/C15H18O9/c16-5-1-2-7-23-15(21)24-14(20)11-4-3-10(13(18)19)9-12(11)22-8-6-17/h3-4,9,16-17H,1-2,5-8H2,(H,18,19). The molecule has 0 fully saturated rings. The van der Waals surface area contributed by atoms with Gasteiger partial charge in [-0.05, 0) is 31.0 Å². The quantitative estimate of drug-likeness (QED) is 0.338. The third-order valence-electron chi connectivity index (χ3n) is 2.75. The number of carboxylic acid groups (broad SMARTS) is 1. The van der Waals surface area contributed by atoms with Crippen LogP contribution in [0.3, 0.4) is 0 Å². The average Bonchev–Trinajstić information content (AvgIpc) is 2.56. The molecular formula is C15H18O9. The molecule has 1 aromatic rings. The van der Waals surface area contributed by atoms with Crippen LogP contribution in [0, 0.1) is 0 Å². The molecule has 0 aliphatic carbocycles. The van der Waals surface area contributed by atoms with Gasteiger partial charge >= 0.3 is 18.1 Å². The highest BCUT2D eigenvalue weighted by molar-refractivity contribution is 5.99. The first kappa shape index (κ1) is 19.4. The summed E-state index contributed by atoms with van der Waals surface area (Å²) >= 11 is 0. The van der Waals surface area contributed by atoms with E-state index in [1.165, 1.54) is 0 Å². The van der Waals surface area contributed by atoms with Crippen molar-refractivity contribution >= 4 is 18.1 Å². The minimum Gasteiger partial charge on any atom is -0.490 e. The molecule has 3 N–H and O–H groups in total. The highest BCUT2D eigenvalue weighted by atomic mass is 16.7. The Kier molecular flexibility index (Phi) is 8.23. The van der Waals surface area contributed by atoms with E-state index in [0.717, 1.165) is 18.2 Å². The van der Waals surface area contributed by atoms with E-state index in [-0.39, 0.29) is 43.3 Å². The molecule has 0 aromatic heterocycles. The number of ether oxygens (including phenoxy) is 3. The molecule has 1 aromatic carbocycles. The Morgan fingerprint density at radius 2 is 1.75 bits per heavy atom. The maximum absolute atomic E-state index is 12.0. The molecule has 24 heavy (non-hydrogen) atoms. The normalized spacial score (nSPS) is 10.1. The molecular weight excluding hydrogens is 324 g/mol. The molecule has 0 radical (unpaired) electrons. The molecule has 0 heterocycles. The number of carboxylic acids is 1. The van der Waals surface area contributed by atoms with Crippen LogP contribution in [0.5, 0.6) is 5.75 Å². The van der Waals surface area contributed by atoms with E-state index < -0.39 is 18.1 Å². The second-order valence-electron chi connectivity index (χ2n) is 4.51. The minimum absolute atomic E-state index is 0.0154. The molecule has 0 spiro atoms. The van der Waals surface area contributed by atoms with Crippen LogP contribution >= 0.6 is 0 Å². The fraction of sp³-hybridized carbons (Fsp3) is 0.400. The molecule has 0 atom stereocenters. The van der Waals surface area contributed by atoms with Gasteiger partial charge in [0.05, 0.1) is 18.8 Å². The van der Waals surface area contributed by atoms with Crippen LogP contribution in [-0.2, 0) is 9.47 Å². The SMILES string of the molecule is O=C(OCCCCO)OC(=O)c1ccc(C(=O)O)cc1OCCO. The molecule has 1 rings (SSSR count). The summed E-state index contributed by atoms with van der Waals surface area (Å²) < 4.78 is 14.2. The Balaban J connectivity index is 2.77. The van der Waals surface area contributed by atoms with Gasteiger partial charge in [-0.2, -0.15) is 0 Å². The number of rotatable bonds is 9. The third kappa shape index (κ3) is 6.23. The lowest BCUT2D eigenvalue weighted by Crippen LogP contribution is -2.16. The summed E-state index contributed by atoms with van der Waals surface area (Å²) in [5.41, 5.74) is -0.313. The van der Waals surface area contributed by atoms with Crippen molar-refractivity contribution in [2.24, 2.45) is 0 Å². The monoisotopic (exact) mass is 342 g/mol. The summed E-state index contributed by atoms with van der Waals surface area (Å²) in [5, 5.41) is 26.3. The molecule has 0 bridgehead atoms. The number of hydrogen-bond acceptors (Lipinski definition) is 8. The summed E-state index contributed by atoms with van der Waals surface area (Å²) in [7, 11) is 0. The van der Waals surface area contributed by atoms with Gasteiger partial charge in [-0.15, -0.1) is 0 Å². The van der Waals surface area contributed by atoms with Crippen molar-refractivity contribution in [1.82, 2.24) is 0 Å². The number of aromatic carboxylic acids is 1. The summed E-state index contributed by atoms with van der Waals surface area (Å²) in [6.07, 6.45) is -0.358. The molecule has 0 aliphatic heterocycles. The van der Waals surface area contributed by atoms with Crippen molar-refractivity contribution in [1.29, 1.82) is 0 Å². The van der Waals surface area contributed by atoms with Gasteiger partial charge in [0.15, 0.2) is 0 Å². The lowest BCUT2D eigenvalue weighted by Gasteiger charge is -2.11. The Morgan fingerprint density at radius 3 is 2.38 bits per heavy atom. The number of esters is 1. The predicted octanol–water partition coefficient (Wildman–Crippen LogP) is 0.822. The van der Waals surface area contributed by atoms with E-state index in [1.807, 2.05) is 0 Å². The lowest BCUT2D eigenvalue weighted by atomic mass is 10.1. The molecule has 0 aliphatic rings. The largest absolute Gasteiger partial charge is 0.516 e. The van der Waals surface area contributed by atoms with Crippen LogP contribution in [0.2, 0.25) is 0 Å². The fourth-order valence-electron chi connectivity index (χ4n) is 1.63. The van der Waals surface area contributed by atoms with Gasteiger partial charge in [0, 0.05) is 6.61 Å². The first-order valence-electron chi connectivity index (χ1n) is 7.10. The van der Waals surface area contributed by atoms with Gasteiger partial charge in [-0.25, -0.2) is 14.4 Å². The van der Waals surface area contributed by atoms with Gasteiger partial charge in [-0.3, -0.25) is 0 Å². The van der Waals surface area contributed by atoms with E-state index in [2.05, 4.69) is 9.47 Å². The number of unbranched alkanes of at least 4 members (excludes halogenated alkanes) is 1. The highest BCUT2D eigenvalue weighted by Gasteiger charge is 2.20. The highest BCUT2D eigenvalue weighted by Crippen LogP contribution is 2.22. The van der Waals surface area contributed by atoms with Crippen molar-refractivity contribution < 1.29 is 43.9 Å². The second-order valence-corrected chi connectivity index (χ2v) is 4.51. The molecule has 132 valence electrons. The van der Waals surface area contributed by atoms with Gasteiger partial charge < -0.3 is 29.5 Å². The van der Waals surface area contributed by atoms with Gasteiger partial charge in [-0.1, -0.05) is 0 Å². The van der Waals surface area contributed by atoms with Gasteiger partial charge in [0.1, 0.15) is 17.9 Å². The first-order valence-corrected chi connectivity index (χ1v) is 7.10. The Morgan fingerprint density at radius 1 is 1.00 bits per heavy atom. The van der Waals surface area contributed by atoms with Gasteiger partial charge in [0.25, 0.3) is 0 Å². The zero-order chi connectivity index (χ0) is 17.9. The molecule has 0 saturated heterocycles. The Hall–Kier alpha value is -2.65. The van der Waals surface area contributed by atoms with Crippen molar-refractivity contribution in [2.75, 3.05) is 26.4 Å². The lowest BCUT2D eigenvalue weighted by molar-refractivity contribution is 0.0372. The van der Waals surface area contributed by atoms with Crippen LogP contribution in [0.1, 0.15) is 33.6 Å². The average molecular weight is 342 g/mol. The number of carbonyl (C=O) groups is 3. The first-order chi connectivity index (χ1) is 11.5. The zero-order valence-electron chi connectivity index (χ0n) is 12.8. The molecule has 0 saturated carbocycles. The second kappa shape index (κ2) is 10.2. The number of hydrogen-bond donors (Lipinski definition) is 3. The van der Waals surface area contributed by atoms with Crippen LogP contribution in [-0.4, -0.2) is 59.8 Å². The maximum Gasteiger partial charge on any atom is 0.516 e. The van der Waals surface area contributed by atoms with E-state index in [4.69, 9.17) is 20.1 Å². The van der Waals surface area contributed by atoms with Crippen molar-refractivity contribution in [3.05, 3.63) is 29.3 Å². The van der Waals surface area contributed by atoms with E-state index in [0.29, 0.717) is 12.8 Å². The number of carbonyl (C=O) groups excluding carboxylic acids is 2. The fourth-order valence-corrected chi connectivity index (χ4v) is 1.63. The topological polar surface area (TPSA) is 140 Å². The summed E-state index contributed by atoms with van der Waals surface area (Å²) in [6.45, 7) is -0.578. The van der Waals surface area contributed by atoms with Crippen LogP contribution in [0.15, 0.2) is 18.2 Å². The smallest absolute Gasteiger partial charge is 0.490 e. The van der Waals surface area contributed by atoms with Crippen LogP contribution < -0.4 is 4.74 Å². The molecule has 0 unspecified atom stereocenters. The third-order valence-corrected chi connectivity index (χ3v) is 2.75. The minimum atomic E-state index is -1.23. The van der Waals surface area contributed by atoms with Crippen molar-refractivity contribution in [3.8, 4) is 5.75 Å². The van der Waals surface area contributed by atoms with E-state index in [9.17, 15) is 14.4 Å². The van der Waals surface area contributed by atoms with Crippen LogP contribution in [0.4, 0.5) is 4.79 Å². The summed E-state index contributed by atoms with van der Waals surface area (Å²) in [4.78, 5) is 34.3. The number of benzene rings is 1. The van der Waals surface area contributed by atoms with Crippen molar-refractivity contribution in [2.45, 2.75) is 12.8 Å². The predicted molar refractivity (Wildman–Crippen MR) is 79.1 cm³/mol. The summed E-state index contributed by atoms with van der Waals surface area (Å²) in [5.74, 6) is -2.44. The number of aliphatic hydroxyl groups is 2. The Bertz CT molecular complexity index is 582. The van der Waals surface area contributed by atoms with Crippen LogP contribution in [0.25, 0.3) is 0 Å². The van der Waals surface area contributed by atoms with E-state index >= 15 is 0 Å². The Labute approximate surface area is 137 Å². The van der Waals surface area contributed by atoms with Crippen molar-refractivity contribution in [3.63, 3.8) is 0 Å². The zero-order valence-corrected chi connectivity index (χ0v) is 12.8. The molecule has 0 amide bonds. The van der Waals surface area contributed by atoms with Gasteiger partial charge in [0.2, 0.25) is 0 Å².